The number of methoxy groups -OCH3 is 1. The van der Waals surface area contributed by atoms with Crippen LogP contribution in [0, 0.1) is 0 Å². The van der Waals surface area contributed by atoms with Crippen molar-refractivity contribution < 1.29 is 22.7 Å². The van der Waals surface area contributed by atoms with Gasteiger partial charge < -0.3 is 10.1 Å². The van der Waals surface area contributed by atoms with Gasteiger partial charge in [0.25, 0.3) is 10.0 Å². The van der Waals surface area contributed by atoms with Gasteiger partial charge in [0, 0.05) is 11.4 Å². The number of amides is 1. The lowest BCUT2D eigenvalue weighted by molar-refractivity contribution is -0.119. The van der Waals surface area contributed by atoms with E-state index in [1.165, 1.54) is 22.8 Å². The van der Waals surface area contributed by atoms with Crippen LogP contribution in [-0.4, -0.2) is 44.3 Å². The van der Waals surface area contributed by atoms with E-state index in [0.29, 0.717) is 30.0 Å². The molecular formula is C18H20N2O5S3. The van der Waals surface area contributed by atoms with Crippen LogP contribution in [0.25, 0.3) is 0 Å². The molecule has 3 heterocycles. The Kier molecular flexibility index (Phi) is 5.30. The lowest BCUT2D eigenvalue weighted by atomic mass is 10.1. The van der Waals surface area contributed by atoms with Gasteiger partial charge in [0.2, 0.25) is 5.91 Å². The van der Waals surface area contributed by atoms with Gasteiger partial charge in [0.05, 0.1) is 12.7 Å². The quantitative estimate of drug-likeness (QED) is 0.722. The molecule has 4 rings (SSSR count). The van der Waals surface area contributed by atoms with Crippen molar-refractivity contribution in [3.63, 3.8) is 0 Å². The number of carbonyl (C=O) groups is 2. The number of rotatable bonds is 5. The number of hydrogen-bond acceptors (Lipinski definition) is 7. The van der Waals surface area contributed by atoms with Crippen molar-refractivity contribution in [2.75, 3.05) is 19.0 Å². The standard InChI is InChI=1S/C18H20N2O5S3/c1-25-18(22)15-11-5-2-7-13(11)27-17(15)19-16(21)12-6-3-9-20(12)28(23,24)14-8-4-10-26-14/h4,8,10,12H,2-3,5-7,9H2,1H3,(H,19,21). The third-order valence-electron chi connectivity index (χ3n) is 5.11. The number of fused-ring (bicyclic) bond motifs is 1. The van der Waals surface area contributed by atoms with E-state index in [9.17, 15) is 18.0 Å². The Labute approximate surface area is 171 Å². The summed E-state index contributed by atoms with van der Waals surface area (Å²) in [6, 6.07) is 2.44. The highest BCUT2D eigenvalue weighted by Gasteiger charge is 2.40. The zero-order chi connectivity index (χ0) is 19.9. The predicted octanol–water partition coefficient (Wildman–Crippen LogP) is 2.88. The SMILES string of the molecule is COC(=O)c1c(NC(=O)C2CCCN2S(=O)(=O)c2cccs2)sc2c1CCC2. The maximum atomic E-state index is 13.0. The first-order valence-corrected chi connectivity index (χ1v) is 12.2. The van der Waals surface area contributed by atoms with Gasteiger partial charge in [0.15, 0.2) is 0 Å². The van der Waals surface area contributed by atoms with Crippen LogP contribution in [-0.2, 0) is 32.4 Å². The fraction of sp³-hybridized carbons (Fsp3) is 0.444. The minimum Gasteiger partial charge on any atom is -0.465 e. The summed E-state index contributed by atoms with van der Waals surface area (Å²) in [5.74, 6) is -0.869. The van der Waals surface area contributed by atoms with E-state index in [4.69, 9.17) is 4.74 Å². The van der Waals surface area contributed by atoms with Crippen LogP contribution < -0.4 is 5.32 Å². The number of aryl methyl sites for hydroxylation is 1. The minimum atomic E-state index is -3.71. The van der Waals surface area contributed by atoms with Gasteiger partial charge in [-0.25, -0.2) is 13.2 Å². The van der Waals surface area contributed by atoms with Crippen molar-refractivity contribution in [3.05, 3.63) is 33.5 Å². The first kappa shape index (κ1) is 19.6. The van der Waals surface area contributed by atoms with E-state index in [-0.39, 0.29) is 4.21 Å². The summed E-state index contributed by atoms with van der Waals surface area (Å²) in [4.78, 5) is 26.3. The summed E-state index contributed by atoms with van der Waals surface area (Å²) < 4.78 is 32.2. The molecule has 1 aliphatic heterocycles. The Morgan fingerprint density at radius 3 is 2.82 bits per heavy atom. The fourth-order valence-corrected chi connectivity index (χ4v) is 7.88. The molecule has 0 radical (unpaired) electrons. The van der Waals surface area contributed by atoms with Gasteiger partial charge in [-0.05, 0) is 49.1 Å². The summed E-state index contributed by atoms with van der Waals surface area (Å²) in [5, 5.41) is 4.98. The van der Waals surface area contributed by atoms with Crippen molar-refractivity contribution in [2.24, 2.45) is 0 Å². The highest BCUT2D eigenvalue weighted by molar-refractivity contribution is 7.91. The third-order valence-corrected chi connectivity index (χ3v) is 9.60. The van der Waals surface area contributed by atoms with Crippen molar-refractivity contribution in [2.45, 2.75) is 42.4 Å². The van der Waals surface area contributed by atoms with Crippen LogP contribution in [0.5, 0.6) is 0 Å². The van der Waals surface area contributed by atoms with Crippen LogP contribution in [0.4, 0.5) is 5.00 Å². The average molecular weight is 441 g/mol. The fourth-order valence-electron chi connectivity index (χ4n) is 3.82. The summed E-state index contributed by atoms with van der Waals surface area (Å²) >= 11 is 2.53. The second-order valence-electron chi connectivity index (χ2n) is 6.75. The van der Waals surface area contributed by atoms with Crippen molar-refractivity contribution in [1.29, 1.82) is 0 Å². The van der Waals surface area contributed by atoms with Gasteiger partial charge in [-0.3, -0.25) is 4.79 Å². The Morgan fingerprint density at radius 2 is 2.11 bits per heavy atom. The van der Waals surface area contributed by atoms with Gasteiger partial charge in [-0.15, -0.1) is 22.7 Å². The zero-order valence-corrected chi connectivity index (χ0v) is 17.7. The van der Waals surface area contributed by atoms with E-state index in [0.717, 1.165) is 41.0 Å². The maximum Gasteiger partial charge on any atom is 0.341 e. The molecule has 2 aliphatic rings. The Bertz CT molecular complexity index is 1010. The molecule has 10 heteroatoms. The summed E-state index contributed by atoms with van der Waals surface area (Å²) in [6.45, 7) is 0.309. The Morgan fingerprint density at radius 1 is 1.29 bits per heavy atom. The lowest BCUT2D eigenvalue weighted by Gasteiger charge is -2.22. The summed E-state index contributed by atoms with van der Waals surface area (Å²) in [7, 11) is -2.39. The summed E-state index contributed by atoms with van der Waals surface area (Å²) in [6.07, 6.45) is 3.72. The molecule has 1 fully saturated rings. The number of nitrogens with zero attached hydrogens (tertiary/aromatic N) is 1. The van der Waals surface area contributed by atoms with E-state index in [1.807, 2.05) is 0 Å². The van der Waals surface area contributed by atoms with Gasteiger partial charge in [0.1, 0.15) is 15.3 Å². The second-order valence-corrected chi connectivity index (χ2v) is 10.9. The summed E-state index contributed by atoms with van der Waals surface area (Å²) in [5.41, 5.74) is 1.36. The second kappa shape index (κ2) is 7.58. The van der Waals surface area contributed by atoms with Crippen molar-refractivity contribution in [3.8, 4) is 0 Å². The average Bonchev–Trinajstić information content (AvgIpc) is 3.44. The van der Waals surface area contributed by atoms with E-state index < -0.39 is 27.9 Å². The number of ether oxygens (including phenoxy) is 1. The molecule has 0 saturated carbocycles. The molecule has 0 bridgehead atoms. The van der Waals surface area contributed by atoms with Crippen LogP contribution >= 0.6 is 22.7 Å². The molecule has 28 heavy (non-hydrogen) atoms. The number of nitrogens with one attached hydrogen (secondary N) is 1. The minimum absolute atomic E-state index is 0.234. The Balaban J connectivity index is 1.60. The zero-order valence-electron chi connectivity index (χ0n) is 15.3. The van der Waals surface area contributed by atoms with Crippen LogP contribution in [0.15, 0.2) is 21.7 Å². The topological polar surface area (TPSA) is 92.8 Å². The number of carbonyl (C=O) groups excluding carboxylic acids is 2. The molecule has 1 saturated heterocycles. The largest absolute Gasteiger partial charge is 0.465 e. The number of thiophene rings is 2. The molecule has 7 nitrogen and oxygen atoms in total. The molecule has 2 aromatic rings. The molecule has 1 amide bonds. The van der Waals surface area contributed by atoms with Crippen LogP contribution in [0.3, 0.4) is 0 Å². The predicted molar refractivity (Wildman–Crippen MR) is 108 cm³/mol. The maximum absolute atomic E-state index is 13.0. The van der Waals surface area contributed by atoms with Gasteiger partial charge in [-0.1, -0.05) is 6.07 Å². The first-order valence-electron chi connectivity index (χ1n) is 9.02. The molecular weight excluding hydrogens is 420 g/mol. The van der Waals surface area contributed by atoms with Crippen LogP contribution in [0.2, 0.25) is 0 Å². The number of hydrogen-bond donors (Lipinski definition) is 1. The molecule has 1 atom stereocenters. The smallest absolute Gasteiger partial charge is 0.341 e. The van der Waals surface area contributed by atoms with Gasteiger partial charge in [-0.2, -0.15) is 4.31 Å². The molecule has 0 spiro atoms. The number of anilines is 1. The number of esters is 1. The van der Waals surface area contributed by atoms with E-state index >= 15 is 0 Å². The lowest BCUT2D eigenvalue weighted by Crippen LogP contribution is -2.42. The monoisotopic (exact) mass is 440 g/mol. The molecule has 0 aromatic carbocycles. The van der Waals surface area contributed by atoms with Crippen molar-refractivity contribution >= 4 is 49.6 Å². The van der Waals surface area contributed by atoms with E-state index in [2.05, 4.69) is 5.32 Å². The molecule has 1 aliphatic carbocycles. The van der Waals surface area contributed by atoms with Gasteiger partial charge >= 0.3 is 5.97 Å². The van der Waals surface area contributed by atoms with E-state index in [1.54, 1.807) is 17.5 Å². The first-order chi connectivity index (χ1) is 13.4. The molecule has 1 unspecified atom stereocenters. The Hall–Kier alpha value is -1.75. The molecule has 1 N–H and O–H groups in total. The molecule has 150 valence electrons. The van der Waals surface area contributed by atoms with Crippen molar-refractivity contribution in [1.82, 2.24) is 4.31 Å². The third kappa shape index (κ3) is 3.28. The normalized spacial score (nSPS) is 19.5. The highest BCUT2D eigenvalue weighted by atomic mass is 32.2. The van der Waals surface area contributed by atoms with Crippen LogP contribution in [0.1, 0.15) is 40.1 Å². The number of sulfonamides is 1. The molecule has 2 aromatic heterocycles. The highest BCUT2D eigenvalue weighted by Crippen LogP contribution is 2.40.